The van der Waals surface area contributed by atoms with E-state index in [1.54, 1.807) is 0 Å². The molecule has 0 saturated heterocycles. The van der Waals surface area contributed by atoms with Crippen molar-refractivity contribution in [1.82, 2.24) is 9.97 Å². The first-order valence-corrected chi connectivity index (χ1v) is 9.63. The van der Waals surface area contributed by atoms with E-state index < -0.39 is 0 Å². The SMILES string of the molecule is CCc1ccc(NC(=O)C(C)Sc2nc3c(c(=O)[nH]2)CCCC3)cc1. The fourth-order valence-electron chi connectivity index (χ4n) is 2.92. The Bertz CT molecular complexity index is 814. The van der Waals surface area contributed by atoms with Crippen molar-refractivity contribution in [1.29, 1.82) is 0 Å². The van der Waals surface area contributed by atoms with Gasteiger partial charge in [-0.15, -0.1) is 0 Å². The lowest BCUT2D eigenvalue weighted by Crippen LogP contribution is -2.25. The number of aromatic amines is 1. The molecule has 1 aliphatic carbocycles. The van der Waals surface area contributed by atoms with Gasteiger partial charge < -0.3 is 10.3 Å². The van der Waals surface area contributed by atoms with Gasteiger partial charge in [-0.1, -0.05) is 30.8 Å². The lowest BCUT2D eigenvalue weighted by atomic mass is 9.97. The van der Waals surface area contributed by atoms with Crippen LogP contribution in [0.4, 0.5) is 5.69 Å². The maximum atomic E-state index is 12.4. The second-order valence-corrected chi connectivity index (χ2v) is 7.63. The molecule has 6 heteroatoms. The molecule has 1 amide bonds. The van der Waals surface area contributed by atoms with Gasteiger partial charge >= 0.3 is 0 Å². The third-order valence-electron chi connectivity index (χ3n) is 4.46. The molecular weight excluding hydrogens is 334 g/mol. The molecule has 1 aromatic heterocycles. The molecule has 0 bridgehead atoms. The lowest BCUT2D eigenvalue weighted by Gasteiger charge is -2.16. The van der Waals surface area contributed by atoms with E-state index in [2.05, 4.69) is 22.2 Å². The summed E-state index contributed by atoms with van der Waals surface area (Å²) in [5.74, 6) is -0.102. The van der Waals surface area contributed by atoms with E-state index in [0.717, 1.165) is 49.0 Å². The van der Waals surface area contributed by atoms with Crippen molar-refractivity contribution in [3.05, 3.63) is 51.4 Å². The first-order chi connectivity index (χ1) is 12.1. The topological polar surface area (TPSA) is 74.8 Å². The Hall–Kier alpha value is -2.08. The van der Waals surface area contributed by atoms with Gasteiger partial charge in [-0.3, -0.25) is 9.59 Å². The van der Waals surface area contributed by atoms with Gasteiger partial charge in [0.25, 0.3) is 5.56 Å². The number of anilines is 1. The molecule has 1 aromatic carbocycles. The third-order valence-corrected chi connectivity index (χ3v) is 5.44. The van der Waals surface area contributed by atoms with E-state index in [-0.39, 0.29) is 16.7 Å². The van der Waals surface area contributed by atoms with Crippen LogP contribution in [0.15, 0.2) is 34.2 Å². The molecular formula is C19H23N3O2S. The second kappa shape index (κ2) is 7.87. The minimum Gasteiger partial charge on any atom is -0.325 e. The summed E-state index contributed by atoms with van der Waals surface area (Å²) in [5.41, 5.74) is 3.65. The molecule has 1 aliphatic rings. The number of amides is 1. The van der Waals surface area contributed by atoms with Crippen LogP contribution in [0.2, 0.25) is 0 Å². The summed E-state index contributed by atoms with van der Waals surface area (Å²) in [7, 11) is 0. The van der Waals surface area contributed by atoms with Crippen LogP contribution in [-0.2, 0) is 24.1 Å². The van der Waals surface area contributed by atoms with Gasteiger partial charge in [0.2, 0.25) is 5.91 Å². The number of hydrogen-bond acceptors (Lipinski definition) is 4. The van der Waals surface area contributed by atoms with Crippen molar-refractivity contribution in [3.8, 4) is 0 Å². The highest BCUT2D eigenvalue weighted by Crippen LogP contribution is 2.23. The number of rotatable bonds is 5. The smallest absolute Gasteiger partial charge is 0.254 e. The first-order valence-electron chi connectivity index (χ1n) is 8.75. The molecule has 1 heterocycles. The molecule has 0 saturated carbocycles. The molecule has 25 heavy (non-hydrogen) atoms. The zero-order chi connectivity index (χ0) is 17.8. The van der Waals surface area contributed by atoms with Crippen LogP contribution in [-0.4, -0.2) is 21.1 Å². The molecule has 1 unspecified atom stereocenters. The van der Waals surface area contributed by atoms with Gasteiger partial charge in [0.1, 0.15) is 0 Å². The molecule has 0 fully saturated rings. The Morgan fingerprint density at radius 3 is 2.72 bits per heavy atom. The van der Waals surface area contributed by atoms with E-state index in [0.29, 0.717) is 5.16 Å². The Kier molecular flexibility index (Phi) is 5.58. The third kappa shape index (κ3) is 4.31. The maximum absolute atomic E-state index is 12.4. The van der Waals surface area contributed by atoms with Gasteiger partial charge in [-0.2, -0.15) is 0 Å². The maximum Gasteiger partial charge on any atom is 0.254 e. The molecule has 3 rings (SSSR count). The molecule has 132 valence electrons. The van der Waals surface area contributed by atoms with Crippen LogP contribution >= 0.6 is 11.8 Å². The Morgan fingerprint density at radius 1 is 1.28 bits per heavy atom. The van der Waals surface area contributed by atoms with Crippen molar-refractivity contribution in [2.75, 3.05) is 5.32 Å². The minimum absolute atomic E-state index is 0.0602. The number of benzene rings is 1. The summed E-state index contributed by atoms with van der Waals surface area (Å²) in [5, 5.41) is 3.08. The molecule has 0 spiro atoms. The predicted octanol–water partition coefficient (Wildman–Crippen LogP) is 3.33. The standard InChI is InChI=1S/C19H23N3O2S/c1-3-13-8-10-14(11-9-13)20-17(23)12(2)25-19-21-16-7-5-4-6-15(16)18(24)22-19/h8-12H,3-7H2,1-2H3,(H,20,23)(H,21,22,24). The zero-order valence-corrected chi connectivity index (χ0v) is 15.4. The van der Waals surface area contributed by atoms with Crippen LogP contribution in [0.1, 0.15) is 43.5 Å². The summed E-state index contributed by atoms with van der Waals surface area (Å²) in [6, 6.07) is 7.84. The highest BCUT2D eigenvalue weighted by molar-refractivity contribution is 8.00. The number of aromatic nitrogens is 2. The highest BCUT2D eigenvalue weighted by atomic mass is 32.2. The van der Waals surface area contributed by atoms with Crippen molar-refractivity contribution in [3.63, 3.8) is 0 Å². The quantitative estimate of drug-likeness (QED) is 0.636. The van der Waals surface area contributed by atoms with Crippen molar-refractivity contribution in [2.45, 2.75) is 56.4 Å². The van der Waals surface area contributed by atoms with Crippen LogP contribution in [0, 0.1) is 0 Å². The van der Waals surface area contributed by atoms with Crippen molar-refractivity contribution in [2.24, 2.45) is 0 Å². The van der Waals surface area contributed by atoms with Gasteiger partial charge in [-0.05, 0) is 56.7 Å². The molecule has 5 nitrogen and oxygen atoms in total. The van der Waals surface area contributed by atoms with Crippen LogP contribution in [0.25, 0.3) is 0 Å². The van der Waals surface area contributed by atoms with E-state index >= 15 is 0 Å². The summed E-state index contributed by atoms with van der Waals surface area (Å²) in [6.45, 7) is 3.92. The van der Waals surface area contributed by atoms with Gasteiger partial charge in [0.05, 0.1) is 10.9 Å². The van der Waals surface area contributed by atoms with Gasteiger partial charge in [0, 0.05) is 11.3 Å². The average Bonchev–Trinajstić information content (AvgIpc) is 2.62. The van der Waals surface area contributed by atoms with E-state index in [1.807, 2.05) is 31.2 Å². The number of H-pyrrole nitrogens is 1. The number of nitrogens with zero attached hydrogens (tertiary/aromatic N) is 1. The van der Waals surface area contributed by atoms with E-state index in [9.17, 15) is 9.59 Å². The minimum atomic E-state index is -0.351. The number of carbonyl (C=O) groups excluding carboxylic acids is 1. The number of thioether (sulfide) groups is 1. The monoisotopic (exact) mass is 357 g/mol. The molecule has 1 atom stereocenters. The summed E-state index contributed by atoms with van der Waals surface area (Å²) < 4.78 is 0. The Morgan fingerprint density at radius 2 is 2.00 bits per heavy atom. The van der Waals surface area contributed by atoms with Gasteiger partial charge in [-0.25, -0.2) is 4.98 Å². The summed E-state index contributed by atoms with van der Waals surface area (Å²) in [6.07, 6.45) is 4.72. The van der Waals surface area contributed by atoms with Crippen molar-refractivity contribution < 1.29 is 4.79 Å². The fourth-order valence-corrected chi connectivity index (χ4v) is 3.74. The van der Waals surface area contributed by atoms with E-state index in [4.69, 9.17) is 0 Å². The number of aryl methyl sites for hydroxylation is 2. The number of carbonyl (C=O) groups is 1. The second-order valence-electron chi connectivity index (χ2n) is 6.30. The molecule has 0 radical (unpaired) electrons. The highest BCUT2D eigenvalue weighted by Gasteiger charge is 2.19. The number of hydrogen-bond donors (Lipinski definition) is 2. The molecule has 2 N–H and O–H groups in total. The van der Waals surface area contributed by atoms with E-state index in [1.165, 1.54) is 17.3 Å². The first kappa shape index (κ1) is 17.7. The Labute approximate surface area is 151 Å². The summed E-state index contributed by atoms with van der Waals surface area (Å²) >= 11 is 1.29. The van der Waals surface area contributed by atoms with Crippen LogP contribution < -0.4 is 10.9 Å². The largest absolute Gasteiger partial charge is 0.325 e. The van der Waals surface area contributed by atoms with Crippen LogP contribution in [0.3, 0.4) is 0 Å². The normalized spacial score (nSPS) is 14.6. The fraction of sp³-hybridized carbons (Fsp3) is 0.421. The number of nitrogens with one attached hydrogen (secondary N) is 2. The van der Waals surface area contributed by atoms with Gasteiger partial charge in [0.15, 0.2) is 5.16 Å². The average molecular weight is 357 g/mol. The Balaban J connectivity index is 1.66. The van der Waals surface area contributed by atoms with Crippen LogP contribution in [0.5, 0.6) is 0 Å². The molecule has 0 aliphatic heterocycles. The zero-order valence-electron chi connectivity index (χ0n) is 14.6. The molecule has 2 aromatic rings. The van der Waals surface area contributed by atoms with Crippen molar-refractivity contribution >= 4 is 23.4 Å². The summed E-state index contributed by atoms with van der Waals surface area (Å²) in [4.78, 5) is 31.9. The number of fused-ring (bicyclic) bond motifs is 1. The predicted molar refractivity (Wildman–Crippen MR) is 101 cm³/mol. The lowest BCUT2D eigenvalue weighted by molar-refractivity contribution is -0.115.